The second kappa shape index (κ2) is 4.46. The van der Waals surface area contributed by atoms with Crippen LogP contribution in [-0.4, -0.2) is 22.2 Å². The Labute approximate surface area is 106 Å². The lowest BCUT2D eigenvalue weighted by atomic mass is 9.98. The molecule has 1 aromatic carbocycles. The Balaban J connectivity index is 2.64. The maximum Gasteiger partial charge on any atom is 0.312 e. The molecule has 4 nitrogen and oxygen atoms in total. The van der Waals surface area contributed by atoms with Crippen LogP contribution in [0, 0.1) is 13.8 Å². The van der Waals surface area contributed by atoms with Crippen LogP contribution in [0.5, 0.6) is 0 Å². The van der Waals surface area contributed by atoms with Crippen LogP contribution < -0.4 is 5.73 Å². The summed E-state index contributed by atoms with van der Waals surface area (Å²) in [6.07, 6.45) is 0. The van der Waals surface area contributed by atoms with E-state index in [2.05, 4.69) is 18.4 Å². The summed E-state index contributed by atoms with van der Waals surface area (Å²) in [5.41, 5.74) is 9.79. The van der Waals surface area contributed by atoms with Crippen LogP contribution in [-0.2, 0) is 11.8 Å². The summed E-state index contributed by atoms with van der Waals surface area (Å²) in [6.45, 7) is 4.25. The molecule has 0 aliphatic carbocycles. The molecule has 4 heteroatoms. The van der Waals surface area contributed by atoms with Gasteiger partial charge in [0.05, 0.1) is 5.92 Å². The second-order valence-electron chi connectivity index (χ2n) is 4.67. The van der Waals surface area contributed by atoms with Gasteiger partial charge in [-0.3, -0.25) is 4.79 Å². The van der Waals surface area contributed by atoms with Gasteiger partial charge in [-0.05, 0) is 31.0 Å². The minimum atomic E-state index is -0.875. The van der Waals surface area contributed by atoms with Crippen molar-refractivity contribution in [2.75, 3.05) is 6.54 Å². The Kier molecular flexibility index (Phi) is 3.13. The average molecular weight is 246 g/mol. The molecule has 2 aromatic rings. The van der Waals surface area contributed by atoms with Crippen molar-refractivity contribution in [3.8, 4) is 0 Å². The van der Waals surface area contributed by atoms with Gasteiger partial charge in [-0.25, -0.2) is 0 Å². The molecule has 18 heavy (non-hydrogen) atoms. The number of carbonyl (C=O) groups is 1. The number of carboxylic acids is 1. The van der Waals surface area contributed by atoms with Gasteiger partial charge in [-0.2, -0.15) is 0 Å². The van der Waals surface area contributed by atoms with Crippen molar-refractivity contribution in [3.63, 3.8) is 0 Å². The zero-order valence-corrected chi connectivity index (χ0v) is 10.9. The average Bonchev–Trinajstić information content (AvgIpc) is 2.55. The van der Waals surface area contributed by atoms with Gasteiger partial charge in [-0.1, -0.05) is 12.1 Å². The summed E-state index contributed by atoms with van der Waals surface area (Å²) in [5, 5.41) is 10.3. The maximum atomic E-state index is 11.1. The SMILES string of the molecule is Cc1c(C)n(C)c2cc(C(CN)C(=O)O)ccc12. The summed E-state index contributed by atoms with van der Waals surface area (Å²) < 4.78 is 2.09. The van der Waals surface area contributed by atoms with Crippen LogP contribution in [0.25, 0.3) is 10.9 Å². The molecule has 0 aliphatic rings. The predicted octanol–water partition coefficient (Wildman–Crippen LogP) is 1.92. The fraction of sp³-hybridized carbons (Fsp3) is 0.357. The molecule has 0 spiro atoms. The number of fused-ring (bicyclic) bond motifs is 1. The van der Waals surface area contributed by atoms with E-state index >= 15 is 0 Å². The number of aromatic nitrogens is 1. The third kappa shape index (κ3) is 1.78. The molecule has 0 amide bonds. The molecule has 96 valence electrons. The molecule has 2 rings (SSSR count). The van der Waals surface area contributed by atoms with Crippen LogP contribution >= 0.6 is 0 Å². The molecule has 1 aromatic heterocycles. The quantitative estimate of drug-likeness (QED) is 0.869. The summed E-state index contributed by atoms with van der Waals surface area (Å²) in [6, 6.07) is 5.78. The highest BCUT2D eigenvalue weighted by Crippen LogP contribution is 2.27. The van der Waals surface area contributed by atoms with E-state index in [4.69, 9.17) is 10.8 Å². The molecule has 0 saturated heterocycles. The molecule has 1 heterocycles. The highest BCUT2D eigenvalue weighted by atomic mass is 16.4. The zero-order valence-electron chi connectivity index (χ0n) is 10.9. The topological polar surface area (TPSA) is 68.2 Å². The molecule has 0 aliphatic heterocycles. The first-order valence-electron chi connectivity index (χ1n) is 5.95. The third-order valence-electron chi connectivity index (χ3n) is 3.77. The van der Waals surface area contributed by atoms with Gasteiger partial charge in [0.15, 0.2) is 0 Å². The van der Waals surface area contributed by atoms with Crippen molar-refractivity contribution in [3.05, 3.63) is 35.0 Å². The van der Waals surface area contributed by atoms with Gasteiger partial charge in [-0.15, -0.1) is 0 Å². The van der Waals surface area contributed by atoms with Gasteiger partial charge in [0.2, 0.25) is 0 Å². The van der Waals surface area contributed by atoms with E-state index in [1.807, 2.05) is 25.2 Å². The van der Waals surface area contributed by atoms with Crippen LogP contribution in [0.2, 0.25) is 0 Å². The minimum Gasteiger partial charge on any atom is -0.481 e. The van der Waals surface area contributed by atoms with Crippen molar-refractivity contribution in [1.82, 2.24) is 4.57 Å². The lowest BCUT2D eigenvalue weighted by Crippen LogP contribution is -2.21. The Morgan fingerprint density at radius 3 is 2.67 bits per heavy atom. The molecule has 1 atom stereocenters. The Morgan fingerprint density at radius 2 is 2.11 bits per heavy atom. The highest BCUT2D eigenvalue weighted by Gasteiger charge is 2.19. The number of hydrogen-bond donors (Lipinski definition) is 2. The molecule has 0 fully saturated rings. The molecular formula is C14H18N2O2. The van der Waals surface area contributed by atoms with Crippen molar-refractivity contribution in [2.24, 2.45) is 12.8 Å². The minimum absolute atomic E-state index is 0.114. The maximum absolute atomic E-state index is 11.1. The third-order valence-corrected chi connectivity index (χ3v) is 3.77. The molecule has 1 unspecified atom stereocenters. The lowest BCUT2D eigenvalue weighted by Gasteiger charge is -2.10. The van der Waals surface area contributed by atoms with Crippen LogP contribution in [0.15, 0.2) is 18.2 Å². The van der Waals surface area contributed by atoms with Gasteiger partial charge in [0.25, 0.3) is 0 Å². The smallest absolute Gasteiger partial charge is 0.312 e. The van der Waals surface area contributed by atoms with Crippen molar-refractivity contribution >= 4 is 16.9 Å². The Bertz CT molecular complexity index is 614. The van der Waals surface area contributed by atoms with Gasteiger partial charge in [0.1, 0.15) is 0 Å². The van der Waals surface area contributed by atoms with Crippen LogP contribution in [0.3, 0.4) is 0 Å². The van der Waals surface area contributed by atoms with E-state index in [0.717, 1.165) is 11.1 Å². The number of rotatable bonds is 3. The Morgan fingerprint density at radius 1 is 1.44 bits per heavy atom. The number of carboxylic acid groups (broad SMARTS) is 1. The number of nitrogens with zero attached hydrogens (tertiary/aromatic N) is 1. The highest BCUT2D eigenvalue weighted by molar-refractivity contribution is 5.87. The van der Waals surface area contributed by atoms with Crippen LogP contribution in [0.4, 0.5) is 0 Å². The Hall–Kier alpha value is -1.81. The monoisotopic (exact) mass is 246 g/mol. The van der Waals surface area contributed by atoms with Gasteiger partial charge < -0.3 is 15.4 Å². The van der Waals surface area contributed by atoms with E-state index in [1.54, 1.807) is 0 Å². The number of aliphatic carboxylic acids is 1. The van der Waals surface area contributed by atoms with Crippen molar-refractivity contribution in [1.29, 1.82) is 0 Å². The fourth-order valence-corrected chi connectivity index (χ4v) is 2.37. The first-order chi connectivity index (χ1) is 8.47. The largest absolute Gasteiger partial charge is 0.481 e. The van der Waals surface area contributed by atoms with Gasteiger partial charge >= 0.3 is 5.97 Å². The summed E-state index contributed by atoms with van der Waals surface area (Å²) in [4.78, 5) is 11.1. The lowest BCUT2D eigenvalue weighted by molar-refractivity contribution is -0.138. The summed E-state index contributed by atoms with van der Waals surface area (Å²) >= 11 is 0. The van der Waals surface area contributed by atoms with E-state index in [1.165, 1.54) is 16.6 Å². The second-order valence-corrected chi connectivity index (χ2v) is 4.67. The van der Waals surface area contributed by atoms with E-state index < -0.39 is 11.9 Å². The van der Waals surface area contributed by atoms with E-state index in [9.17, 15) is 4.79 Å². The summed E-state index contributed by atoms with van der Waals surface area (Å²) in [7, 11) is 1.99. The first-order valence-corrected chi connectivity index (χ1v) is 5.95. The van der Waals surface area contributed by atoms with Crippen molar-refractivity contribution < 1.29 is 9.90 Å². The molecular weight excluding hydrogens is 228 g/mol. The predicted molar refractivity (Wildman–Crippen MR) is 71.8 cm³/mol. The van der Waals surface area contributed by atoms with Crippen LogP contribution in [0.1, 0.15) is 22.7 Å². The molecule has 0 radical (unpaired) electrons. The molecule has 3 N–H and O–H groups in total. The number of hydrogen-bond acceptors (Lipinski definition) is 2. The number of benzene rings is 1. The van der Waals surface area contributed by atoms with Crippen molar-refractivity contribution in [2.45, 2.75) is 19.8 Å². The molecule has 0 bridgehead atoms. The number of nitrogens with two attached hydrogens (primary N) is 1. The van der Waals surface area contributed by atoms with E-state index in [-0.39, 0.29) is 6.54 Å². The van der Waals surface area contributed by atoms with E-state index in [0.29, 0.717) is 0 Å². The standard InChI is InChI=1S/C14H18N2O2/c1-8-9(2)16(3)13-6-10(4-5-11(8)13)12(7-15)14(17)18/h4-6,12H,7,15H2,1-3H3,(H,17,18). The normalized spacial score (nSPS) is 12.9. The number of aryl methyl sites for hydroxylation is 2. The molecule has 0 saturated carbocycles. The summed E-state index contributed by atoms with van der Waals surface area (Å²) in [5.74, 6) is -1.51. The zero-order chi connectivity index (χ0) is 13.4. The fourth-order valence-electron chi connectivity index (χ4n) is 2.37. The van der Waals surface area contributed by atoms with Gasteiger partial charge in [0, 0.05) is 30.2 Å². The first kappa shape index (κ1) is 12.6.